The highest BCUT2D eigenvalue weighted by molar-refractivity contribution is 5.52. The van der Waals surface area contributed by atoms with E-state index in [0.717, 1.165) is 24.2 Å². The molecular formula is C11H13NO. The quantitative estimate of drug-likeness (QED) is 0.717. The van der Waals surface area contributed by atoms with Crippen LogP contribution < -0.4 is 5.32 Å². The van der Waals surface area contributed by atoms with Crippen molar-refractivity contribution >= 4 is 6.08 Å². The highest BCUT2D eigenvalue weighted by Crippen LogP contribution is 2.29. The maximum absolute atomic E-state index is 9.60. The minimum absolute atomic E-state index is 0.400. The average molecular weight is 175 g/mol. The number of nitrogens with one attached hydrogen (secondary N) is 1. The lowest BCUT2D eigenvalue weighted by Crippen LogP contribution is -2.39. The highest BCUT2D eigenvalue weighted by atomic mass is 16.3. The molecule has 0 bridgehead atoms. The second kappa shape index (κ2) is 3.23. The van der Waals surface area contributed by atoms with Crippen molar-refractivity contribution < 1.29 is 5.11 Å². The van der Waals surface area contributed by atoms with E-state index in [1.165, 1.54) is 0 Å². The van der Waals surface area contributed by atoms with Gasteiger partial charge >= 0.3 is 0 Å². The van der Waals surface area contributed by atoms with Crippen LogP contribution in [0.3, 0.4) is 0 Å². The van der Waals surface area contributed by atoms with Crippen molar-refractivity contribution in [2.75, 3.05) is 13.1 Å². The van der Waals surface area contributed by atoms with E-state index < -0.39 is 0 Å². The molecule has 0 spiro atoms. The molecule has 2 heteroatoms. The number of aromatic hydroxyl groups is 1. The summed E-state index contributed by atoms with van der Waals surface area (Å²) in [5.41, 5.74) is 2.11. The van der Waals surface area contributed by atoms with Crippen LogP contribution in [0, 0.1) is 0 Å². The number of benzene rings is 1. The molecule has 13 heavy (non-hydrogen) atoms. The SMILES string of the molecule is C=Cc1ccc(O)c(C2CNC2)c1. The Morgan fingerprint density at radius 1 is 1.46 bits per heavy atom. The van der Waals surface area contributed by atoms with Crippen LogP contribution in [0.4, 0.5) is 0 Å². The molecule has 0 aliphatic carbocycles. The van der Waals surface area contributed by atoms with Gasteiger partial charge in [-0.25, -0.2) is 0 Å². The van der Waals surface area contributed by atoms with Gasteiger partial charge in [-0.05, 0) is 17.7 Å². The number of phenols is 1. The van der Waals surface area contributed by atoms with Gasteiger partial charge in [0.15, 0.2) is 0 Å². The second-order valence-corrected chi connectivity index (χ2v) is 3.38. The zero-order valence-electron chi connectivity index (χ0n) is 7.46. The molecule has 2 N–H and O–H groups in total. The molecule has 1 aromatic carbocycles. The molecule has 0 saturated carbocycles. The van der Waals surface area contributed by atoms with Crippen LogP contribution in [0.5, 0.6) is 5.75 Å². The molecule has 0 amide bonds. The van der Waals surface area contributed by atoms with E-state index in [1.54, 1.807) is 12.1 Å². The fourth-order valence-corrected chi connectivity index (χ4v) is 1.54. The first-order valence-electron chi connectivity index (χ1n) is 4.47. The van der Waals surface area contributed by atoms with Crippen molar-refractivity contribution in [2.24, 2.45) is 0 Å². The largest absolute Gasteiger partial charge is 0.508 e. The van der Waals surface area contributed by atoms with Crippen LogP contribution in [0.25, 0.3) is 6.08 Å². The summed E-state index contributed by atoms with van der Waals surface area (Å²) in [6.45, 7) is 5.64. The molecule has 1 aliphatic heterocycles. The average Bonchev–Trinajstić information content (AvgIpc) is 2.06. The Hall–Kier alpha value is -1.28. The Labute approximate surface area is 77.9 Å². The predicted octanol–water partition coefficient (Wildman–Crippen LogP) is 1.72. The van der Waals surface area contributed by atoms with Gasteiger partial charge in [-0.1, -0.05) is 18.7 Å². The minimum atomic E-state index is 0.400. The zero-order chi connectivity index (χ0) is 9.26. The van der Waals surface area contributed by atoms with Crippen LogP contribution in [0.15, 0.2) is 24.8 Å². The number of phenolic OH excluding ortho intramolecular Hbond substituents is 1. The van der Waals surface area contributed by atoms with E-state index in [-0.39, 0.29) is 0 Å². The van der Waals surface area contributed by atoms with E-state index in [0.29, 0.717) is 11.7 Å². The molecule has 0 aromatic heterocycles. The normalized spacial score (nSPS) is 16.6. The first kappa shape index (κ1) is 8.32. The van der Waals surface area contributed by atoms with Crippen molar-refractivity contribution in [3.05, 3.63) is 35.9 Å². The third-order valence-corrected chi connectivity index (χ3v) is 2.51. The second-order valence-electron chi connectivity index (χ2n) is 3.38. The van der Waals surface area contributed by atoms with E-state index in [4.69, 9.17) is 0 Å². The number of hydrogen-bond acceptors (Lipinski definition) is 2. The number of hydrogen-bond donors (Lipinski definition) is 2. The summed E-state index contributed by atoms with van der Waals surface area (Å²) in [5, 5.41) is 12.8. The van der Waals surface area contributed by atoms with E-state index in [1.807, 2.05) is 12.1 Å². The molecule has 0 unspecified atom stereocenters. The first-order chi connectivity index (χ1) is 6.31. The van der Waals surface area contributed by atoms with Crippen LogP contribution in [-0.2, 0) is 0 Å². The van der Waals surface area contributed by atoms with Crippen molar-refractivity contribution in [1.82, 2.24) is 5.32 Å². The van der Waals surface area contributed by atoms with Crippen LogP contribution in [0.2, 0.25) is 0 Å². The summed E-state index contributed by atoms with van der Waals surface area (Å²) < 4.78 is 0. The van der Waals surface area contributed by atoms with E-state index >= 15 is 0 Å². The van der Waals surface area contributed by atoms with Crippen LogP contribution in [0.1, 0.15) is 17.0 Å². The van der Waals surface area contributed by atoms with Gasteiger partial charge in [-0.3, -0.25) is 0 Å². The standard InChI is InChI=1S/C11H13NO/c1-2-8-3-4-11(13)10(5-8)9-6-12-7-9/h2-5,9,12-13H,1,6-7H2. The third kappa shape index (κ3) is 1.45. The topological polar surface area (TPSA) is 32.3 Å². The molecular weight excluding hydrogens is 162 g/mol. The molecule has 0 radical (unpaired) electrons. The summed E-state index contributed by atoms with van der Waals surface area (Å²) in [7, 11) is 0. The maximum atomic E-state index is 9.60. The van der Waals surface area contributed by atoms with Gasteiger partial charge in [0.2, 0.25) is 0 Å². The van der Waals surface area contributed by atoms with Crippen molar-refractivity contribution in [1.29, 1.82) is 0 Å². The van der Waals surface area contributed by atoms with Gasteiger partial charge < -0.3 is 10.4 Å². The van der Waals surface area contributed by atoms with Crippen molar-refractivity contribution in [3.63, 3.8) is 0 Å². The summed E-state index contributed by atoms with van der Waals surface area (Å²) in [4.78, 5) is 0. The molecule has 1 fully saturated rings. The molecule has 1 aliphatic rings. The lowest BCUT2D eigenvalue weighted by molar-refractivity contribution is 0.413. The van der Waals surface area contributed by atoms with Gasteiger partial charge in [-0.2, -0.15) is 0 Å². The molecule has 0 atom stereocenters. The van der Waals surface area contributed by atoms with Gasteiger partial charge in [0, 0.05) is 24.6 Å². The first-order valence-corrected chi connectivity index (χ1v) is 4.47. The van der Waals surface area contributed by atoms with Gasteiger partial charge in [0.05, 0.1) is 0 Å². The zero-order valence-corrected chi connectivity index (χ0v) is 7.46. The van der Waals surface area contributed by atoms with Gasteiger partial charge in [0.1, 0.15) is 5.75 Å². The fraction of sp³-hybridized carbons (Fsp3) is 0.273. The van der Waals surface area contributed by atoms with Crippen LogP contribution in [-0.4, -0.2) is 18.2 Å². The predicted molar refractivity (Wildman–Crippen MR) is 53.8 cm³/mol. The molecule has 2 nitrogen and oxygen atoms in total. The fourth-order valence-electron chi connectivity index (χ4n) is 1.54. The Bertz CT molecular complexity index is 329. The summed E-state index contributed by atoms with van der Waals surface area (Å²) in [6, 6.07) is 5.62. The van der Waals surface area contributed by atoms with Gasteiger partial charge in [0.25, 0.3) is 0 Å². The summed E-state index contributed by atoms with van der Waals surface area (Å²) in [6.07, 6.45) is 1.80. The van der Waals surface area contributed by atoms with E-state index in [9.17, 15) is 5.11 Å². The molecule has 68 valence electrons. The Morgan fingerprint density at radius 3 is 2.77 bits per heavy atom. The number of rotatable bonds is 2. The molecule has 1 aromatic rings. The molecule has 2 rings (SSSR count). The molecule has 1 saturated heterocycles. The maximum Gasteiger partial charge on any atom is 0.119 e. The summed E-state index contributed by atoms with van der Waals surface area (Å²) in [5.74, 6) is 0.872. The van der Waals surface area contributed by atoms with Crippen LogP contribution >= 0.6 is 0 Å². The smallest absolute Gasteiger partial charge is 0.119 e. The minimum Gasteiger partial charge on any atom is -0.508 e. The molecule has 1 heterocycles. The monoisotopic (exact) mass is 175 g/mol. The van der Waals surface area contributed by atoms with Crippen molar-refractivity contribution in [2.45, 2.75) is 5.92 Å². The van der Waals surface area contributed by atoms with Crippen molar-refractivity contribution in [3.8, 4) is 5.75 Å². The van der Waals surface area contributed by atoms with Gasteiger partial charge in [-0.15, -0.1) is 0 Å². The summed E-state index contributed by atoms with van der Waals surface area (Å²) >= 11 is 0. The lowest BCUT2D eigenvalue weighted by Gasteiger charge is -2.28. The highest BCUT2D eigenvalue weighted by Gasteiger charge is 2.21. The Balaban J connectivity index is 2.35. The Morgan fingerprint density at radius 2 is 2.23 bits per heavy atom. The third-order valence-electron chi connectivity index (χ3n) is 2.51. The van der Waals surface area contributed by atoms with E-state index in [2.05, 4.69) is 11.9 Å². The lowest BCUT2D eigenvalue weighted by atomic mass is 9.91. The Kier molecular flexibility index (Phi) is 2.07.